The predicted molar refractivity (Wildman–Crippen MR) is 96.0 cm³/mol. The zero-order chi connectivity index (χ0) is 19.6. The lowest BCUT2D eigenvalue weighted by atomic mass is 9.78. The summed E-state index contributed by atoms with van der Waals surface area (Å²) in [6.07, 6.45) is 0.886. The van der Waals surface area contributed by atoms with Crippen LogP contribution in [0.15, 0.2) is 11.6 Å². The fourth-order valence-corrected chi connectivity index (χ4v) is 3.79. The quantitative estimate of drug-likeness (QED) is 0.739. The van der Waals surface area contributed by atoms with E-state index in [0.717, 1.165) is 0 Å². The van der Waals surface area contributed by atoms with Crippen LogP contribution in [0.3, 0.4) is 0 Å². The van der Waals surface area contributed by atoms with Gasteiger partial charge in [0.1, 0.15) is 12.2 Å². The van der Waals surface area contributed by atoms with E-state index < -0.39 is 30.2 Å². The first-order valence-corrected chi connectivity index (χ1v) is 9.58. The van der Waals surface area contributed by atoms with Gasteiger partial charge in [-0.05, 0) is 38.5 Å². The van der Waals surface area contributed by atoms with Crippen molar-refractivity contribution < 1.29 is 29.3 Å². The molecular weight excluding hydrogens is 336 g/mol. The van der Waals surface area contributed by atoms with E-state index in [9.17, 15) is 19.8 Å². The lowest BCUT2D eigenvalue weighted by molar-refractivity contribution is -0.167. The van der Waals surface area contributed by atoms with Crippen molar-refractivity contribution in [2.75, 3.05) is 0 Å². The van der Waals surface area contributed by atoms with Gasteiger partial charge in [0.2, 0.25) is 0 Å². The van der Waals surface area contributed by atoms with Crippen LogP contribution in [0, 0.1) is 23.7 Å². The van der Waals surface area contributed by atoms with Crippen LogP contribution in [0.1, 0.15) is 53.9 Å². The molecule has 148 valence electrons. The second-order valence-electron chi connectivity index (χ2n) is 8.22. The van der Waals surface area contributed by atoms with E-state index in [-0.39, 0.29) is 29.8 Å². The first-order valence-electron chi connectivity index (χ1n) is 9.58. The van der Waals surface area contributed by atoms with Crippen molar-refractivity contribution in [3.63, 3.8) is 0 Å². The Balaban J connectivity index is 2.33. The molecule has 0 saturated carbocycles. The molecule has 1 heterocycles. The van der Waals surface area contributed by atoms with E-state index in [1.54, 1.807) is 19.9 Å². The average Bonchev–Trinajstić information content (AvgIpc) is 2.90. The Kier molecular flexibility index (Phi) is 6.86. The van der Waals surface area contributed by atoms with Crippen LogP contribution >= 0.6 is 0 Å². The molecule has 1 fully saturated rings. The highest BCUT2D eigenvalue weighted by molar-refractivity contribution is 5.90. The minimum atomic E-state index is -0.804. The number of carbonyl (C=O) groups is 2. The average molecular weight is 368 g/mol. The Morgan fingerprint density at radius 2 is 1.96 bits per heavy atom. The summed E-state index contributed by atoms with van der Waals surface area (Å²) >= 11 is 0. The summed E-state index contributed by atoms with van der Waals surface area (Å²) in [5.41, 5.74) is 0.594. The van der Waals surface area contributed by atoms with E-state index in [1.807, 2.05) is 20.8 Å². The maximum atomic E-state index is 12.5. The van der Waals surface area contributed by atoms with Gasteiger partial charge in [0.05, 0.1) is 18.1 Å². The number of carbonyl (C=O) groups excluding carboxylic acids is 2. The van der Waals surface area contributed by atoms with Crippen molar-refractivity contribution in [3.8, 4) is 0 Å². The first-order chi connectivity index (χ1) is 12.1. The van der Waals surface area contributed by atoms with Gasteiger partial charge in [0.25, 0.3) is 0 Å². The molecule has 2 aliphatic rings. The number of ether oxygens (including phenoxy) is 2. The Morgan fingerprint density at radius 3 is 2.54 bits per heavy atom. The largest absolute Gasteiger partial charge is 0.462 e. The number of aliphatic hydroxyl groups is 2. The van der Waals surface area contributed by atoms with Crippen molar-refractivity contribution in [2.45, 2.75) is 78.3 Å². The Labute approximate surface area is 155 Å². The van der Waals surface area contributed by atoms with Crippen LogP contribution in [-0.4, -0.2) is 46.6 Å². The van der Waals surface area contributed by atoms with Gasteiger partial charge in [-0.25, -0.2) is 4.79 Å². The maximum absolute atomic E-state index is 12.5. The molecule has 1 aliphatic carbocycles. The molecule has 2 bridgehead atoms. The van der Waals surface area contributed by atoms with Crippen LogP contribution < -0.4 is 0 Å². The van der Waals surface area contributed by atoms with Crippen molar-refractivity contribution >= 4 is 11.9 Å². The van der Waals surface area contributed by atoms with Crippen molar-refractivity contribution in [3.05, 3.63) is 11.6 Å². The highest BCUT2D eigenvalue weighted by atomic mass is 16.6. The molecule has 26 heavy (non-hydrogen) atoms. The zero-order valence-electron chi connectivity index (χ0n) is 16.3. The molecule has 7 atom stereocenters. The Hall–Kier alpha value is -1.40. The van der Waals surface area contributed by atoms with Crippen LogP contribution in [-0.2, 0) is 19.1 Å². The molecule has 0 aromatic heterocycles. The highest BCUT2D eigenvalue weighted by Crippen LogP contribution is 2.37. The van der Waals surface area contributed by atoms with Crippen molar-refractivity contribution in [1.29, 1.82) is 0 Å². The number of aliphatic hydroxyl groups excluding tert-OH is 2. The molecule has 0 radical (unpaired) electrons. The number of hydrogen-bond acceptors (Lipinski definition) is 6. The molecule has 0 amide bonds. The second-order valence-corrected chi connectivity index (χ2v) is 8.22. The molecule has 0 spiro atoms. The van der Waals surface area contributed by atoms with Crippen LogP contribution in [0.4, 0.5) is 0 Å². The second kappa shape index (κ2) is 8.53. The number of fused-ring (bicyclic) bond motifs is 2. The van der Waals surface area contributed by atoms with Gasteiger partial charge in [-0.1, -0.05) is 26.8 Å². The minimum absolute atomic E-state index is 0.0969. The lowest BCUT2D eigenvalue weighted by Crippen LogP contribution is -2.42. The summed E-state index contributed by atoms with van der Waals surface area (Å²) < 4.78 is 11.4. The molecule has 2 N–H and O–H groups in total. The van der Waals surface area contributed by atoms with Gasteiger partial charge in [-0.2, -0.15) is 0 Å². The summed E-state index contributed by atoms with van der Waals surface area (Å²) in [6, 6.07) is 0. The molecule has 1 aliphatic heterocycles. The van der Waals surface area contributed by atoms with Gasteiger partial charge >= 0.3 is 11.9 Å². The first kappa shape index (κ1) is 20.9. The normalized spacial score (nSPS) is 34.7. The number of esters is 2. The lowest BCUT2D eigenvalue weighted by Gasteiger charge is -2.36. The molecule has 2 rings (SSSR count). The maximum Gasteiger partial charge on any atom is 0.334 e. The van der Waals surface area contributed by atoms with Gasteiger partial charge in [0, 0.05) is 17.9 Å². The van der Waals surface area contributed by atoms with E-state index in [0.29, 0.717) is 24.8 Å². The molecular formula is C20H32O6. The van der Waals surface area contributed by atoms with Gasteiger partial charge in [0.15, 0.2) is 0 Å². The van der Waals surface area contributed by atoms with Crippen molar-refractivity contribution in [1.82, 2.24) is 0 Å². The van der Waals surface area contributed by atoms with Crippen LogP contribution in [0.2, 0.25) is 0 Å². The molecule has 0 aromatic rings. The van der Waals surface area contributed by atoms with Gasteiger partial charge < -0.3 is 19.7 Å². The zero-order valence-corrected chi connectivity index (χ0v) is 16.3. The van der Waals surface area contributed by atoms with Gasteiger partial charge in [-0.15, -0.1) is 0 Å². The summed E-state index contributed by atoms with van der Waals surface area (Å²) in [5.74, 6) is -1.59. The molecule has 0 aromatic carbocycles. The third-order valence-electron chi connectivity index (χ3n) is 5.80. The highest BCUT2D eigenvalue weighted by Gasteiger charge is 2.43. The van der Waals surface area contributed by atoms with Crippen LogP contribution in [0.25, 0.3) is 0 Å². The van der Waals surface area contributed by atoms with Crippen molar-refractivity contribution in [2.24, 2.45) is 23.7 Å². The third kappa shape index (κ3) is 4.65. The monoisotopic (exact) mass is 368 g/mol. The third-order valence-corrected chi connectivity index (χ3v) is 5.80. The Morgan fingerprint density at radius 1 is 1.31 bits per heavy atom. The summed E-state index contributed by atoms with van der Waals surface area (Å²) in [7, 11) is 0. The van der Waals surface area contributed by atoms with E-state index in [1.165, 1.54) is 0 Å². The summed E-state index contributed by atoms with van der Waals surface area (Å²) in [6.45, 7) is 9.15. The SMILES string of the molecule is CC(C)C1C2CC(=CCC(O)C(C)CC1OC(=O)C(C)C(C)O)C(=O)O2. The van der Waals surface area contributed by atoms with Gasteiger partial charge in [-0.3, -0.25) is 4.79 Å². The molecule has 6 nitrogen and oxygen atoms in total. The fourth-order valence-electron chi connectivity index (χ4n) is 3.79. The topological polar surface area (TPSA) is 93.1 Å². The standard InChI is InChI=1S/C20H32O6/c1-10(2)18-16(25-19(23)12(4)13(5)21)8-11(3)15(22)7-6-14-9-17(18)26-20(14)24/h6,10-13,15-18,21-22H,7-9H2,1-5H3. The van der Waals surface area contributed by atoms with E-state index >= 15 is 0 Å². The Bertz CT molecular complexity index is 553. The van der Waals surface area contributed by atoms with E-state index in [2.05, 4.69) is 0 Å². The molecule has 6 heteroatoms. The predicted octanol–water partition coefficient (Wildman–Crippen LogP) is 2.22. The minimum Gasteiger partial charge on any atom is -0.462 e. The smallest absolute Gasteiger partial charge is 0.334 e. The van der Waals surface area contributed by atoms with E-state index in [4.69, 9.17) is 9.47 Å². The fraction of sp³-hybridized carbons (Fsp3) is 0.800. The molecule has 1 saturated heterocycles. The number of rotatable bonds is 4. The van der Waals surface area contributed by atoms with Crippen LogP contribution in [0.5, 0.6) is 0 Å². The summed E-state index contributed by atoms with van der Waals surface area (Å²) in [4.78, 5) is 24.6. The molecule has 7 unspecified atom stereocenters. The summed E-state index contributed by atoms with van der Waals surface area (Å²) in [5, 5.41) is 20.1. The number of hydrogen-bond donors (Lipinski definition) is 2.